The van der Waals surface area contributed by atoms with Gasteiger partial charge in [0.1, 0.15) is 0 Å². The lowest BCUT2D eigenvalue weighted by atomic mass is 10.1. The molecule has 1 amide bonds. The Hall–Kier alpha value is -1.84. The van der Waals surface area contributed by atoms with Crippen LogP contribution in [0.25, 0.3) is 0 Å². The number of nitrogens with zero attached hydrogens (tertiary/aromatic N) is 1. The number of carbonyl (C=O) groups excluding carboxylic acids is 1. The Morgan fingerprint density at radius 2 is 1.95 bits per heavy atom. The summed E-state index contributed by atoms with van der Waals surface area (Å²) < 4.78 is 0. The highest BCUT2D eigenvalue weighted by atomic mass is 35.5. The molecule has 2 aromatic carbocycles. The van der Waals surface area contributed by atoms with Gasteiger partial charge in [0.05, 0.1) is 6.54 Å². The number of carbonyl (C=O) groups is 1. The van der Waals surface area contributed by atoms with Gasteiger partial charge >= 0.3 is 0 Å². The van der Waals surface area contributed by atoms with Gasteiger partial charge in [0.25, 0.3) is 0 Å². The fraction of sp³-hybridized carbons (Fsp3) is 0.278. The van der Waals surface area contributed by atoms with E-state index in [-0.39, 0.29) is 11.9 Å². The summed E-state index contributed by atoms with van der Waals surface area (Å²) >= 11 is 5.86. The van der Waals surface area contributed by atoms with E-state index < -0.39 is 0 Å². The van der Waals surface area contributed by atoms with Crippen molar-refractivity contribution in [2.75, 3.05) is 11.4 Å². The van der Waals surface area contributed by atoms with Gasteiger partial charge in [-0.3, -0.25) is 4.79 Å². The Labute approximate surface area is 135 Å². The molecule has 0 saturated carbocycles. The van der Waals surface area contributed by atoms with Gasteiger partial charge in [0.2, 0.25) is 5.91 Å². The number of para-hydroxylation sites is 1. The fourth-order valence-electron chi connectivity index (χ4n) is 2.95. The smallest absolute Gasteiger partial charge is 0.241 e. The van der Waals surface area contributed by atoms with Crippen LogP contribution in [0.5, 0.6) is 0 Å². The van der Waals surface area contributed by atoms with Crippen LogP contribution in [-0.2, 0) is 17.8 Å². The molecule has 4 heteroatoms. The van der Waals surface area contributed by atoms with Crippen molar-refractivity contribution < 1.29 is 4.79 Å². The Balaban J connectivity index is 1.59. The first kappa shape index (κ1) is 15.1. The van der Waals surface area contributed by atoms with Crippen LogP contribution in [-0.4, -0.2) is 18.5 Å². The lowest BCUT2D eigenvalue weighted by Gasteiger charge is -2.23. The quantitative estimate of drug-likeness (QED) is 0.938. The summed E-state index contributed by atoms with van der Waals surface area (Å²) in [6, 6.07) is 16.0. The summed E-state index contributed by atoms with van der Waals surface area (Å²) in [6.07, 6.45) is 0.930. The summed E-state index contributed by atoms with van der Waals surface area (Å²) in [5.41, 5.74) is 3.42. The van der Waals surface area contributed by atoms with Gasteiger partial charge in [-0.25, -0.2) is 0 Å². The largest absolute Gasteiger partial charge is 0.308 e. The van der Waals surface area contributed by atoms with E-state index in [2.05, 4.69) is 18.3 Å². The first-order valence-electron chi connectivity index (χ1n) is 7.50. The first-order valence-corrected chi connectivity index (χ1v) is 7.88. The second kappa shape index (κ2) is 6.51. The van der Waals surface area contributed by atoms with Gasteiger partial charge in [0.15, 0.2) is 0 Å². The van der Waals surface area contributed by atoms with E-state index >= 15 is 0 Å². The van der Waals surface area contributed by atoms with E-state index in [1.807, 2.05) is 47.4 Å². The Kier molecular flexibility index (Phi) is 4.46. The minimum atomic E-state index is 0.117. The maximum atomic E-state index is 12.5. The zero-order valence-electron chi connectivity index (χ0n) is 12.6. The molecule has 2 aromatic rings. The number of amides is 1. The number of hydrogen-bond donors (Lipinski definition) is 1. The number of nitrogens with one attached hydrogen (secondary N) is 1. The van der Waals surface area contributed by atoms with Crippen LogP contribution in [0.2, 0.25) is 5.02 Å². The monoisotopic (exact) mass is 314 g/mol. The highest BCUT2D eigenvalue weighted by Gasteiger charge is 2.29. The van der Waals surface area contributed by atoms with Crippen molar-refractivity contribution in [2.45, 2.75) is 25.9 Å². The van der Waals surface area contributed by atoms with Crippen LogP contribution in [0, 0.1) is 0 Å². The number of rotatable bonds is 4. The molecule has 1 atom stereocenters. The van der Waals surface area contributed by atoms with Gasteiger partial charge in [-0.05, 0) is 42.7 Å². The molecular formula is C18H19ClN2O. The number of anilines is 1. The van der Waals surface area contributed by atoms with Gasteiger partial charge in [0, 0.05) is 23.3 Å². The Morgan fingerprint density at radius 1 is 1.23 bits per heavy atom. The summed E-state index contributed by atoms with van der Waals surface area (Å²) in [5.74, 6) is 0.117. The van der Waals surface area contributed by atoms with E-state index in [1.165, 1.54) is 5.56 Å². The normalized spacial score (nSPS) is 16.6. The van der Waals surface area contributed by atoms with Crippen LogP contribution in [0.3, 0.4) is 0 Å². The van der Waals surface area contributed by atoms with Crippen LogP contribution < -0.4 is 10.2 Å². The predicted molar refractivity (Wildman–Crippen MR) is 90.3 cm³/mol. The Morgan fingerprint density at radius 3 is 2.73 bits per heavy atom. The number of halogens is 1. The molecule has 0 radical (unpaired) electrons. The molecule has 1 aliphatic rings. The van der Waals surface area contributed by atoms with Crippen molar-refractivity contribution in [2.24, 2.45) is 0 Å². The topological polar surface area (TPSA) is 32.3 Å². The first-order chi connectivity index (χ1) is 10.6. The van der Waals surface area contributed by atoms with Crippen molar-refractivity contribution in [3.8, 4) is 0 Å². The third-order valence-corrected chi connectivity index (χ3v) is 4.25. The average Bonchev–Trinajstić information content (AvgIpc) is 2.85. The standard InChI is InChI=1S/C18H19ClN2O/c1-13-10-15-4-2-3-5-17(15)21(13)18(22)12-20-11-14-6-8-16(19)9-7-14/h2-9,13,20H,10-12H2,1H3. The highest BCUT2D eigenvalue weighted by molar-refractivity contribution is 6.30. The van der Waals surface area contributed by atoms with Crippen LogP contribution in [0.15, 0.2) is 48.5 Å². The zero-order valence-corrected chi connectivity index (χ0v) is 13.3. The third-order valence-electron chi connectivity index (χ3n) is 3.99. The van der Waals surface area contributed by atoms with E-state index in [1.54, 1.807) is 0 Å². The summed E-state index contributed by atoms with van der Waals surface area (Å²) in [4.78, 5) is 14.4. The second-order valence-corrected chi connectivity index (χ2v) is 6.11. The fourth-order valence-corrected chi connectivity index (χ4v) is 3.07. The van der Waals surface area contributed by atoms with Crippen molar-refractivity contribution in [1.29, 1.82) is 0 Å². The van der Waals surface area contributed by atoms with Gasteiger partial charge < -0.3 is 10.2 Å². The maximum absolute atomic E-state index is 12.5. The summed E-state index contributed by atoms with van der Waals surface area (Å²) in [5, 5.41) is 3.94. The second-order valence-electron chi connectivity index (χ2n) is 5.68. The van der Waals surface area contributed by atoms with Crippen molar-refractivity contribution in [3.05, 3.63) is 64.7 Å². The van der Waals surface area contributed by atoms with E-state index in [0.29, 0.717) is 13.1 Å². The summed E-state index contributed by atoms with van der Waals surface area (Å²) in [7, 11) is 0. The molecule has 1 aliphatic heterocycles. The molecule has 1 heterocycles. The lowest BCUT2D eigenvalue weighted by Crippen LogP contribution is -2.41. The molecule has 0 aliphatic carbocycles. The average molecular weight is 315 g/mol. The summed E-state index contributed by atoms with van der Waals surface area (Å²) in [6.45, 7) is 3.09. The molecule has 114 valence electrons. The van der Waals surface area contributed by atoms with E-state index in [9.17, 15) is 4.79 Å². The lowest BCUT2D eigenvalue weighted by molar-refractivity contribution is -0.118. The van der Waals surface area contributed by atoms with Gasteiger partial charge in [-0.15, -0.1) is 0 Å². The molecule has 0 spiro atoms. The minimum absolute atomic E-state index is 0.117. The van der Waals surface area contributed by atoms with Crippen molar-refractivity contribution in [1.82, 2.24) is 5.32 Å². The zero-order chi connectivity index (χ0) is 15.5. The Bertz CT molecular complexity index is 669. The predicted octanol–water partition coefficient (Wildman–Crippen LogP) is 3.41. The molecule has 1 N–H and O–H groups in total. The van der Waals surface area contributed by atoms with Crippen molar-refractivity contribution >= 4 is 23.2 Å². The van der Waals surface area contributed by atoms with Crippen molar-refractivity contribution in [3.63, 3.8) is 0 Å². The van der Waals surface area contributed by atoms with Crippen LogP contribution in [0.1, 0.15) is 18.1 Å². The number of hydrogen-bond acceptors (Lipinski definition) is 2. The van der Waals surface area contributed by atoms with Crippen LogP contribution in [0.4, 0.5) is 5.69 Å². The van der Waals surface area contributed by atoms with Gasteiger partial charge in [-0.1, -0.05) is 41.9 Å². The third kappa shape index (κ3) is 3.16. The molecule has 1 unspecified atom stereocenters. The minimum Gasteiger partial charge on any atom is -0.308 e. The molecule has 3 rings (SSSR count). The highest BCUT2D eigenvalue weighted by Crippen LogP contribution is 2.31. The number of fused-ring (bicyclic) bond motifs is 1. The van der Waals surface area contributed by atoms with E-state index in [4.69, 9.17) is 11.6 Å². The number of benzene rings is 2. The molecular weight excluding hydrogens is 296 g/mol. The molecule has 0 saturated heterocycles. The van der Waals surface area contributed by atoms with E-state index in [0.717, 1.165) is 22.7 Å². The molecule has 0 fully saturated rings. The SMILES string of the molecule is CC1Cc2ccccc2N1C(=O)CNCc1ccc(Cl)cc1. The van der Waals surface area contributed by atoms with Gasteiger partial charge in [-0.2, -0.15) is 0 Å². The van der Waals surface area contributed by atoms with Crippen LogP contribution >= 0.6 is 11.6 Å². The maximum Gasteiger partial charge on any atom is 0.241 e. The molecule has 3 nitrogen and oxygen atoms in total. The molecule has 0 bridgehead atoms. The molecule has 22 heavy (non-hydrogen) atoms. The molecule has 0 aromatic heterocycles.